The van der Waals surface area contributed by atoms with Crippen LogP contribution in [0.3, 0.4) is 0 Å². The van der Waals surface area contributed by atoms with E-state index in [2.05, 4.69) is 5.32 Å². The van der Waals surface area contributed by atoms with Gasteiger partial charge in [0.05, 0.1) is 12.8 Å². The third-order valence-electron chi connectivity index (χ3n) is 3.10. The highest BCUT2D eigenvalue weighted by atomic mass is 32.2. The zero-order chi connectivity index (χ0) is 17.5. The van der Waals surface area contributed by atoms with Gasteiger partial charge in [-0.05, 0) is 25.5 Å². The molecule has 0 aliphatic heterocycles. The zero-order valence-electron chi connectivity index (χ0n) is 13.5. The van der Waals surface area contributed by atoms with Crippen molar-refractivity contribution in [2.45, 2.75) is 13.3 Å². The number of benzene rings is 1. The van der Waals surface area contributed by atoms with Crippen LogP contribution in [-0.4, -0.2) is 57.5 Å². The minimum atomic E-state index is -3.49. The molecular weight excluding hydrogens is 320 g/mol. The summed E-state index contributed by atoms with van der Waals surface area (Å²) in [5.41, 5.74) is 0.927. The summed E-state index contributed by atoms with van der Waals surface area (Å²) in [6.45, 7) is 1.76. The van der Waals surface area contributed by atoms with Crippen molar-refractivity contribution in [2.24, 2.45) is 0 Å². The molecule has 8 heteroatoms. The van der Waals surface area contributed by atoms with Gasteiger partial charge in [-0.15, -0.1) is 0 Å². The molecule has 0 heterocycles. The third kappa shape index (κ3) is 6.89. The Labute approximate surface area is 136 Å². The molecule has 1 rings (SSSR count). The fourth-order valence-electron chi connectivity index (χ4n) is 1.92. The number of hydrogen-bond donors (Lipinski definition) is 1. The highest BCUT2D eigenvalue weighted by Gasteiger charge is 2.19. The van der Waals surface area contributed by atoms with Crippen LogP contribution in [0.25, 0.3) is 0 Å². The maximum absolute atomic E-state index is 12.0. The standard InChI is InChI=1S/C15H22N2O5S/c1-12(18)13-6-4-7-14(10-13)16-15(19)11-17(23(3,20)21)8-5-9-22-2/h4,6-7,10H,5,8-9,11H2,1-3H3,(H,16,19). The molecule has 1 aromatic rings. The molecule has 0 aromatic heterocycles. The maximum Gasteiger partial charge on any atom is 0.239 e. The van der Waals surface area contributed by atoms with Gasteiger partial charge in [-0.3, -0.25) is 9.59 Å². The van der Waals surface area contributed by atoms with Crippen molar-refractivity contribution in [3.63, 3.8) is 0 Å². The van der Waals surface area contributed by atoms with Crippen LogP contribution in [0.1, 0.15) is 23.7 Å². The van der Waals surface area contributed by atoms with E-state index in [-0.39, 0.29) is 18.9 Å². The molecule has 1 amide bonds. The predicted octanol–water partition coefficient (Wildman–Crippen LogP) is 1.13. The molecule has 7 nitrogen and oxygen atoms in total. The van der Waals surface area contributed by atoms with Gasteiger partial charge in [-0.25, -0.2) is 8.42 Å². The lowest BCUT2D eigenvalue weighted by Crippen LogP contribution is -2.38. The molecule has 1 N–H and O–H groups in total. The molecule has 0 aliphatic carbocycles. The molecule has 0 unspecified atom stereocenters. The first-order valence-corrected chi connectivity index (χ1v) is 8.94. The van der Waals surface area contributed by atoms with Crippen molar-refractivity contribution in [3.8, 4) is 0 Å². The molecule has 0 fully saturated rings. The molecule has 0 aliphatic rings. The Morgan fingerprint density at radius 3 is 2.57 bits per heavy atom. The van der Waals surface area contributed by atoms with E-state index in [4.69, 9.17) is 4.74 Å². The molecule has 0 spiro atoms. The van der Waals surface area contributed by atoms with E-state index in [1.807, 2.05) is 0 Å². The van der Waals surface area contributed by atoms with Crippen molar-refractivity contribution in [3.05, 3.63) is 29.8 Å². The number of carbonyl (C=O) groups excluding carboxylic acids is 2. The minimum Gasteiger partial charge on any atom is -0.385 e. The van der Waals surface area contributed by atoms with Crippen LogP contribution >= 0.6 is 0 Å². The van der Waals surface area contributed by atoms with Gasteiger partial charge >= 0.3 is 0 Å². The highest BCUT2D eigenvalue weighted by molar-refractivity contribution is 7.88. The van der Waals surface area contributed by atoms with Crippen LogP contribution in [-0.2, 0) is 19.6 Å². The van der Waals surface area contributed by atoms with E-state index >= 15 is 0 Å². The number of nitrogens with one attached hydrogen (secondary N) is 1. The molecule has 0 atom stereocenters. The minimum absolute atomic E-state index is 0.113. The van der Waals surface area contributed by atoms with Crippen molar-refractivity contribution in [1.29, 1.82) is 0 Å². The molecule has 0 radical (unpaired) electrons. The molecule has 128 valence electrons. The van der Waals surface area contributed by atoms with E-state index in [9.17, 15) is 18.0 Å². The maximum atomic E-state index is 12.0. The van der Waals surface area contributed by atoms with Gasteiger partial charge in [0.2, 0.25) is 15.9 Å². The van der Waals surface area contributed by atoms with Gasteiger partial charge in [0.25, 0.3) is 0 Å². The molecule has 23 heavy (non-hydrogen) atoms. The summed E-state index contributed by atoms with van der Waals surface area (Å²) in [4.78, 5) is 23.4. The van der Waals surface area contributed by atoms with Crippen molar-refractivity contribution < 1.29 is 22.7 Å². The fraction of sp³-hybridized carbons (Fsp3) is 0.467. The highest BCUT2D eigenvalue weighted by Crippen LogP contribution is 2.11. The number of methoxy groups -OCH3 is 1. The number of sulfonamides is 1. The van der Waals surface area contributed by atoms with E-state index in [0.29, 0.717) is 24.3 Å². The first-order valence-electron chi connectivity index (χ1n) is 7.09. The summed E-state index contributed by atoms with van der Waals surface area (Å²) >= 11 is 0. The number of ether oxygens (including phenoxy) is 1. The second-order valence-corrected chi connectivity index (χ2v) is 7.11. The topological polar surface area (TPSA) is 92.8 Å². The van der Waals surface area contributed by atoms with Crippen LogP contribution in [0.2, 0.25) is 0 Å². The SMILES string of the molecule is COCCCN(CC(=O)Nc1cccc(C(C)=O)c1)S(C)(=O)=O. The van der Waals surface area contributed by atoms with E-state index < -0.39 is 15.9 Å². The van der Waals surface area contributed by atoms with E-state index in [1.54, 1.807) is 24.3 Å². The fourth-order valence-corrected chi connectivity index (χ4v) is 2.74. The Morgan fingerprint density at radius 1 is 1.30 bits per heavy atom. The van der Waals surface area contributed by atoms with Crippen LogP contribution in [0.5, 0.6) is 0 Å². The zero-order valence-corrected chi connectivity index (χ0v) is 14.4. The monoisotopic (exact) mass is 342 g/mol. The molecule has 0 saturated heterocycles. The molecular formula is C15H22N2O5S. The first-order chi connectivity index (χ1) is 10.7. The van der Waals surface area contributed by atoms with Crippen LogP contribution < -0.4 is 5.32 Å². The lowest BCUT2D eigenvalue weighted by atomic mass is 10.1. The summed E-state index contributed by atoms with van der Waals surface area (Å²) in [5.74, 6) is -0.577. The summed E-state index contributed by atoms with van der Waals surface area (Å²) in [5, 5.41) is 2.60. The summed E-state index contributed by atoms with van der Waals surface area (Å²) in [6.07, 6.45) is 1.56. The van der Waals surface area contributed by atoms with E-state index in [1.165, 1.54) is 14.0 Å². The lowest BCUT2D eigenvalue weighted by molar-refractivity contribution is -0.116. The van der Waals surface area contributed by atoms with Gasteiger partial charge in [0, 0.05) is 31.5 Å². The van der Waals surface area contributed by atoms with Gasteiger partial charge < -0.3 is 10.1 Å². The second-order valence-electron chi connectivity index (χ2n) is 5.13. The number of rotatable bonds is 9. The quantitative estimate of drug-likeness (QED) is 0.536. The Kier molecular flexibility index (Phi) is 7.34. The van der Waals surface area contributed by atoms with E-state index in [0.717, 1.165) is 10.6 Å². The molecule has 1 aromatic carbocycles. The Bertz CT molecular complexity index is 658. The first kappa shape index (κ1) is 19.3. The van der Waals surface area contributed by atoms with Gasteiger partial charge in [-0.1, -0.05) is 12.1 Å². The largest absolute Gasteiger partial charge is 0.385 e. The van der Waals surface area contributed by atoms with Gasteiger partial charge in [-0.2, -0.15) is 4.31 Å². The number of hydrogen-bond acceptors (Lipinski definition) is 5. The predicted molar refractivity (Wildman–Crippen MR) is 88.0 cm³/mol. The molecule has 0 saturated carbocycles. The van der Waals surface area contributed by atoms with Crippen molar-refractivity contribution in [2.75, 3.05) is 38.4 Å². The lowest BCUT2D eigenvalue weighted by Gasteiger charge is -2.19. The molecule has 0 bridgehead atoms. The summed E-state index contributed by atoms with van der Waals surface area (Å²) in [7, 11) is -1.96. The Balaban J connectivity index is 2.72. The summed E-state index contributed by atoms with van der Waals surface area (Å²) in [6, 6.07) is 6.49. The number of ketones is 1. The number of Topliss-reactive ketones (excluding diaryl/α,β-unsaturated/α-hetero) is 1. The van der Waals surface area contributed by atoms with Crippen LogP contribution in [0.4, 0.5) is 5.69 Å². The third-order valence-corrected chi connectivity index (χ3v) is 4.35. The van der Waals surface area contributed by atoms with Crippen LogP contribution in [0, 0.1) is 0 Å². The second kappa shape index (κ2) is 8.76. The van der Waals surface area contributed by atoms with Crippen LogP contribution in [0.15, 0.2) is 24.3 Å². The van der Waals surface area contributed by atoms with Crippen molar-refractivity contribution >= 4 is 27.4 Å². The summed E-state index contributed by atoms with van der Waals surface area (Å²) < 4.78 is 29.4. The van der Waals surface area contributed by atoms with Gasteiger partial charge in [0.15, 0.2) is 5.78 Å². The Hall–Kier alpha value is -1.77. The van der Waals surface area contributed by atoms with Gasteiger partial charge in [0.1, 0.15) is 0 Å². The Morgan fingerprint density at radius 2 is 2.00 bits per heavy atom. The number of nitrogens with zero attached hydrogens (tertiary/aromatic N) is 1. The number of anilines is 1. The van der Waals surface area contributed by atoms with Crippen molar-refractivity contribution in [1.82, 2.24) is 4.31 Å². The normalized spacial score (nSPS) is 11.5. The average Bonchev–Trinajstić information content (AvgIpc) is 2.45. The smallest absolute Gasteiger partial charge is 0.239 e. The number of amides is 1. The number of carbonyl (C=O) groups is 2. The average molecular weight is 342 g/mol.